The van der Waals surface area contributed by atoms with E-state index in [2.05, 4.69) is 35.6 Å². The van der Waals surface area contributed by atoms with Gasteiger partial charge in [0, 0.05) is 62.3 Å². The van der Waals surface area contributed by atoms with E-state index in [0.29, 0.717) is 24.1 Å². The quantitative estimate of drug-likeness (QED) is 0.294. The van der Waals surface area contributed by atoms with Gasteiger partial charge in [-0.2, -0.15) is 8.78 Å². The molecular weight excluding hydrogens is 470 g/mol. The van der Waals surface area contributed by atoms with Crippen LogP contribution in [0.15, 0.2) is 55.0 Å². The highest BCUT2D eigenvalue weighted by molar-refractivity contribution is 5.63. The molecule has 0 saturated carbocycles. The summed E-state index contributed by atoms with van der Waals surface area (Å²) in [5.74, 6) is -0.136. The predicted molar refractivity (Wildman–Crippen MR) is 142 cm³/mol. The topological polar surface area (TPSA) is 59.7 Å². The van der Waals surface area contributed by atoms with Crippen molar-refractivity contribution in [3.63, 3.8) is 0 Å². The number of nitrogens with zero attached hydrogens (tertiary/aromatic N) is 6. The molecule has 1 atom stereocenters. The first-order valence-corrected chi connectivity index (χ1v) is 12.7. The monoisotopic (exact) mass is 502 g/mol. The number of halogens is 2. The second-order valence-corrected chi connectivity index (χ2v) is 10.3. The summed E-state index contributed by atoms with van der Waals surface area (Å²) in [6, 6.07) is 11.9. The fraction of sp³-hybridized carbons (Fsp3) is 0.379. The van der Waals surface area contributed by atoms with Crippen molar-refractivity contribution in [2.24, 2.45) is 7.05 Å². The average Bonchev–Trinajstić information content (AvgIpc) is 3.28. The lowest BCUT2D eigenvalue weighted by Crippen LogP contribution is -2.31. The van der Waals surface area contributed by atoms with Gasteiger partial charge in [0.15, 0.2) is 5.82 Å². The van der Waals surface area contributed by atoms with E-state index in [9.17, 15) is 8.78 Å². The molecule has 8 heteroatoms. The van der Waals surface area contributed by atoms with Crippen LogP contribution >= 0.6 is 0 Å². The van der Waals surface area contributed by atoms with E-state index in [1.165, 1.54) is 6.20 Å². The maximum absolute atomic E-state index is 13.7. The summed E-state index contributed by atoms with van der Waals surface area (Å²) in [6.45, 7) is 8.93. The van der Waals surface area contributed by atoms with Crippen LogP contribution in [-0.2, 0) is 19.5 Å². The van der Waals surface area contributed by atoms with Crippen molar-refractivity contribution in [1.82, 2.24) is 24.5 Å². The van der Waals surface area contributed by atoms with Crippen LogP contribution in [0.4, 0.5) is 14.6 Å². The largest absolute Gasteiger partial charge is 0.352 e. The Kier molecular flexibility index (Phi) is 6.52. The normalized spacial score (nSPS) is 15.8. The van der Waals surface area contributed by atoms with E-state index in [-0.39, 0.29) is 11.6 Å². The summed E-state index contributed by atoms with van der Waals surface area (Å²) in [7, 11) is 1.74. The summed E-state index contributed by atoms with van der Waals surface area (Å²) < 4.78 is 29.1. The predicted octanol–water partition coefficient (Wildman–Crippen LogP) is 6.69. The average molecular weight is 503 g/mol. The lowest BCUT2D eigenvalue weighted by Gasteiger charge is -2.33. The van der Waals surface area contributed by atoms with Crippen LogP contribution < -0.4 is 4.90 Å². The number of pyridine rings is 1. The summed E-state index contributed by atoms with van der Waals surface area (Å²) in [4.78, 5) is 20.8. The smallest absolute Gasteiger partial charge is 0.288 e. The van der Waals surface area contributed by atoms with Crippen molar-refractivity contribution in [3.8, 4) is 22.8 Å². The number of hydrogen-bond acceptors (Lipinski definition) is 5. The fourth-order valence-corrected chi connectivity index (χ4v) is 4.87. The molecule has 4 aromatic rings. The van der Waals surface area contributed by atoms with Gasteiger partial charge in [-0.3, -0.25) is 4.98 Å². The molecule has 4 heterocycles. The van der Waals surface area contributed by atoms with Gasteiger partial charge in [-0.25, -0.2) is 15.0 Å². The Bertz CT molecular complexity index is 1400. The summed E-state index contributed by atoms with van der Waals surface area (Å²) >= 11 is 0. The van der Waals surface area contributed by atoms with Gasteiger partial charge in [0.1, 0.15) is 17.3 Å². The van der Waals surface area contributed by atoms with E-state index >= 15 is 0 Å². The number of hydrogen-bond donors (Lipinski definition) is 0. The fourth-order valence-electron chi connectivity index (χ4n) is 4.87. The Morgan fingerprint density at radius 2 is 1.84 bits per heavy atom. The first-order chi connectivity index (χ1) is 17.6. The zero-order valence-corrected chi connectivity index (χ0v) is 21.9. The first-order valence-electron chi connectivity index (χ1n) is 12.7. The molecule has 0 saturated heterocycles. The van der Waals surface area contributed by atoms with Crippen LogP contribution in [0.1, 0.15) is 68.5 Å². The number of imidazole rings is 1. The molecule has 1 unspecified atom stereocenters. The van der Waals surface area contributed by atoms with Crippen LogP contribution in [0.25, 0.3) is 22.8 Å². The Morgan fingerprint density at radius 3 is 2.51 bits per heavy atom. The number of rotatable bonds is 6. The molecule has 3 aromatic heterocycles. The summed E-state index contributed by atoms with van der Waals surface area (Å²) in [5, 5.41) is 0. The van der Waals surface area contributed by atoms with Crippen molar-refractivity contribution >= 4 is 5.82 Å². The molecular formula is C29H32F2N6. The molecule has 0 bridgehead atoms. The molecule has 1 aromatic carbocycles. The SMILES string of the molecule is CC(C)c1ncccc1-c1ncc2c(n1)N(Cc1ccc(-c3nc(C(C)(F)F)cn3C)cc1)CCC2C. The van der Waals surface area contributed by atoms with Gasteiger partial charge in [-0.05, 0) is 36.0 Å². The molecule has 0 fully saturated rings. The van der Waals surface area contributed by atoms with Gasteiger partial charge in [0.25, 0.3) is 5.92 Å². The number of alkyl halides is 2. The van der Waals surface area contributed by atoms with E-state index in [0.717, 1.165) is 53.7 Å². The Morgan fingerprint density at radius 1 is 1.08 bits per heavy atom. The zero-order chi connectivity index (χ0) is 26.3. The molecule has 0 spiro atoms. The third-order valence-electron chi connectivity index (χ3n) is 7.00. The van der Waals surface area contributed by atoms with Crippen LogP contribution in [0, 0.1) is 0 Å². The molecule has 1 aliphatic rings. The molecule has 1 aliphatic heterocycles. The van der Waals surface area contributed by atoms with E-state index in [1.54, 1.807) is 11.6 Å². The molecule has 0 aliphatic carbocycles. The Hall–Kier alpha value is -3.68. The molecule has 5 rings (SSSR count). The van der Waals surface area contributed by atoms with Crippen molar-refractivity contribution in [2.75, 3.05) is 11.4 Å². The lowest BCUT2D eigenvalue weighted by atomic mass is 9.94. The Labute approximate surface area is 216 Å². The number of aromatic nitrogens is 5. The molecule has 6 nitrogen and oxygen atoms in total. The van der Waals surface area contributed by atoms with Crippen LogP contribution in [0.5, 0.6) is 0 Å². The van der Waals surface area contributed by atoms with Crippen LogP contribution in [-0.4, -0.2) is 31.0 Å². The minimum Gasteiger partial charge on any atom is -0.352 e. The summed E-state index contributed by atoms with van der Waals surface area (Å²) in [6.07, 6.45) is 6.20. The molecule has 0 radical (unpaired) electrons. The van der Waals surface area contributed by atoms with Crippen molar-refractivity contribution in [1.29, 1.82) is 0 Å². The van der Waals surface area contributed by atoms with E-state index in [4.69, 9.17) is 9.97 Å². The van der Waals surface area contributed by atoms with Gasteiger partial charge in [-0.1, -0.05) is 45.0 Å². The third kappa shape index (κ3) is 4.97. The highest BCUT2D eigenvalue weighted by Crippen LogP contribution is 2.36. The standard InChI is InChI=1S/C29H32F2N6/c1-18(2)25-22(7-6-13-32-25)26-33-15-23-19(3)12-14-37(28(23)35-26)16-20-8-10-21(11-9-20)27-34-24(17-36(27)5)29(4,30)31/h6-11,13,15,17-19H,12,14,16H2,1-5H3. The molecule has 192 valence electrons. The Balaban J connectivity index is 1.43. The first kappa shape index (κ1) is 25.0. The third-order valence-corrected chi connectivity index (χ3v) is 7.00. The van der Waals surface area contributed by atoms with E-state index < -0.39 is 5.92 Å². The van der Waals surface area contributed by atoms with Gasteiger partial charge >= 0.3 is 0 Å². The zero-order valence-electron chi connectivity index (χ0n) is 21.9. The highest BCUT2D eigenvalue weighted by atomic mass is 19.3. The maximum atomic E-state index is 13.7. The minimum absolute atomic E-state index is 0.224. The number of benzene rings is 1. The second kappa shape index (κ2) is 9.65. The van der Waals surface area contributed by atoms with Crippen molar-refractivity contribution in [3.05, 3.63) is 77.5 Å². The van der Waals surface area contributed by atoms with Gasteiger partial charge in [0.05, 0.1) is 5.69 Å². The minimum atomic E-state index is -2.97. The number of aryl methyl sites for hydroxylation is 1. The van der Waals surface area contributed by atoms with Crippen LogP contribution in [0.3, 0.4) is 0 Å². The number of fused-ring (bicyclic) bond motifs is 1. The lowest BCUT2D eigenvalue weighted by molar-refractivity contribution is 0.0131. The van der Waals surface area contributed by atoms with Gasteiger partial charge < -0.3 is 9.47 Å². The molecule has 0 N–H and O–H groups in total. The molecule has 0 amide bonds. The summed E-state index contributed by atoms with van der Waals surface area (Å²) in [5.41, 5.74) is 4.81. The van der Waals surface area contributed by atoms with Crippen LogP contribution in [0.2, 0.25) is 0 Å². The second-order valence-electron chi connectivity index (χ2n) is 10.3. The van der Waals surface area contributed by atoms with Gasteiger partial charge in [0.2, 0.25) is 0 Å². The van der Waals surface area contributed by atoms with E-state index in [1.807, 2.05) is 48.8 Å². The highest BCUT2D eigenvalue weighted by Gasteiger charge is 2.29. The molecule has 37 heavy (non-hydrogen) atoms. The number of anilines is 1. The maximum Gasteiger partial charge on any atom is 0.288 e. The van der Waals surface area contributed by atoms with Crippen molar-refractivity contribution < 1.29 is 8.78 Å². The van der Waals surface area contributed by atoms with Gasteiger partial charge in [-0.15, -0.1) is 0 Å². The van der Waals surface area contributed by atoms with Crippen molar-refractivity contribution in [2.45, 2.75) is 58.4 Å².